The predicted octanol–water partition coefficient (Wildman–Crippen LogP) is 8.96. The molecule has 0 saturated carbocycles. The first-order chi connectivity index (χ1) is 15.1. The van der Waals surface area contributed by atoms with Gasteiger partial charge in [0.2, 0.25) is 0 Å². The van der Waals surface area contributed by atoms with E-state index in [1.54, 1.807) is 0 Å². The maximum atomic E-state index is 6.71. The van der Waals surface area contributed by atoms with Crippen molar-refractivity contribution >= 4 is 7.51 Å². The first kappa shape index (κ1) is 25.2. The molecule has 188 valence electrons. The molecule has 2 aromatic rings. The molecule has 0 saturated heterocycles. The number of fused-ring (bicyclic) bond motifs is 2. The molecule has 0 radical (unpaired) electrons. The van der Waals surface area contributed by atoms with Crippen molar-refractivity contribution in [2.75, 3.05) is 6.66 Å². The third kappa shape index (κ3) is 4.17. The fourth-order valence-electron chi connectivity index (χ4n) is 4.46. The van der Waals surface area contributed by atoms with Gasteiger partial charge < -0.3 is 0 Å². The monoisotopic (exact) mass is 486 g/mol. The summed E-state index contributed by atoms with van der Waals surface area (Å²) >= 11 is 0. The topological polar surface area (TPSA) is 36.9 Å². The van der Waals surface area contributed by atoms with E-state index in [9.17, 15) is 0 Å². The minimum absolute atomic E-state index is 0.0307. The minimum atomic E-state index is -3.97. The molecule has 0 aromatic heterocycles. The summed E-state index contributed by atoms with van der Waals surface area (Å²) in [5.74, 6) is 2.89. The van der Waals surface area contributed by atoms with Gasteiger partial charge in [-0.3, -0.25) is 0 Å². The third-order valence-electron chi connectivity index (χ3n) is 6.65. The molecule has 2 heterocycles. The van der Waals surface area contributed by atoms with E-state index in [1.807, 2.05) is 6.66 Å². The summed E-state index contributed by atoms with van der Waals surface area (Å²) < 4.78 is 26.7. The number of hydrogen-bond donors (Lipinski definition) is 0. The summed E-state index contributed by atoms with van der Waals surface area (Å²) in [5.41, 5.74) is 4.29. The summed E-state index contributed by atoms with van der Waals surface area (Å²) in [6.07, 6.45) is 0. The molecule has 1 spiro atoms. The second-order valence-corrected chi connectivity index (χ2v) is 17.3. The summed E-state index contributed by atoms with van der Waals surface area (Å²) in [7, 11) is -3.97. The number of benzene rings is 2. The average Bonchev–Trinajstić information content (AvgIpc) is 3.07. The van der Waals surface area contributed by atoms with Crippen molar-refractivity contribution in [2.45, 2.75) is 105 Å². The van der Waals surface area contributed by atoms with Crippen LogP contribution in [0.5, 0.6) is 23.0 Å². The van der Waals surface area contributed by atoms with E-state index in [0.29, 0.717) is 11.5 Å². The molecular weight excluding hydrogens is 443 g/mol. The molecule has 5 heteroatoms. The van der Waals surface area contributed by atoms with Crippen LogP contribution < -0.4 is 18.1 Å². The Morgan fingerprint density at radius 2 is 0.794 bits per heavy atom. The molecule has 34 heavy (non-hydrogen) atoms. The Kier molecular flexibility index (Phi) is 5.07. The molecule has 4 rings (SSSR count). The van der Waals surface area contributed by atoms with Crippen LogP contribution in [0.4, 0.5) is 0 Å². The SMILES string of the molecule is CC(C)(C)c1cc2c(c(C(C)(C)C)c1)OP1(C)(O2)Oc2cc(C(C)(C)C)cc(C(C)(C)C)c2O1. The van der Waals surface area contributed by atoms with Gasteiger partial charge in [0.1, 0.15) is 0 Å². The molecule has 0 amide bonds. The van der Waals surface area contributed by atoms with E-state index in [1.165, 1.54) is 11.1 Å². The van der Waals surface area contributed by atoms with Crippen molar-refractivity contribution in [3.05, 3.63) is 46.5 Å². The van der Waals surface area contributed by atoms with Gasteiger partial charge in [-0.15, -0.1) is 0 Å². The summed E-state index contributed by atoms with van der Waals surface area (Å²) in [5, 5.41) is 0. The van der Waals surface area contributed by atoms with Gasteiger partial charge in [-0.25, -0.2) is 0 Å². The maximum absolute atomic E-state index is 6.71. The van der Waals surface area contributed by atoms with Gasteiger partial charge in [0.15, 0.2) is 0 Å². The van der Waals surface area contributed by atoms with Crippen molar-refractivity contribution in [1.82, 2.24) is 0 Å². The molecule has 2 aliphatic rings. The van der Waals surface area contributed by atoms with Crippen LogP contribution in [0.25, 0.3) is 0 Å². The van der Waals surface area contributed by atoms with Crippen LogP contribution in [-0.2, 0) is 21.7 Å². The Balaban J connectivity index is 1.88. The zero-order valence-electron chi connectivity index (χ0n) is 23.4. The van der Waals surface area contributed by atoms with Crippen LogP contribution >= 0.6 is 7.51 Å². The van der Waals surface area contributed by atoms with Gasteiger partial charge in [0, 0.05) is 0 Å². The fraction of sp³-hybridized carbons (Fsp3) is 0.586. The van der Waals surface area contributed by atoms with E-state index in [4.69, 9.17) is 18.1 Å². The van der Waals surface area contributed by atoms with Gasteiger partial charge in [-0.2, -0.15) is 0 Å². The van der Waals surface area contributed by atoms with Crippen molar-refractivity contribution in [3.8, 4) is 23.0 Å². The Bertz CT molecular complexity index is 1080. The molecule has 0 N–H and O–H groups in total. The number of hydrogen-bond acceptors (Lipinski definition) is 4. The molecular formula is C29H43O4P. The van der Waals surface area contributed by atoms with E-state index in [0.717, 1.165) is 22.6 Å². The Morgan fingerprint density at radius 3 is 1.06 bits per heavy atom. The van der Waals surface area contributed by atoms with Gasteiger partial charge >= 0.3 is 207 Å². The molecule has 2 aliphatic heterocycles. The molecule has 2 aromatic carbocycles. The zero-order valence-corrected chi connectivity index (χ0v) is 24.3. The molecule has 0 fully saturated rings. The van der Waals surface area contributed by atoms with Crippen LogP contribution in [0.3, 0.4) is 0 Å². The van der Waals surface area contributed by atoms with Crippen LogP contribution in [-0.4, -0.2) is 6.66 Å². The standard InChI is InChI=1S/C29H43O4P/c1-26(2,3)18-14-20(28(7,8)9)24-22(16-18)30-34(13,32-24)31-23-17-19(27(4,5)6)15-21(25(23)33-34)29(10,11)12/h14-17H,1-13H3. The van der Waals surface area contributed by atoms with Crippen molar-refractivity contribution in [3.63, 3.8) is 0 Å². The summed E-state index contributed by atoms with van der Waals surface area (Å²) in [6.45, 7) is 28.4. The van der Waals surface area contributed by atoms with Gasteiger partial charge in [0.05, 0.1) is 0 Å². The summed E-state index contributed by atoms with van der Waals surface area (Å²) in [6, 6.07) is 8.68. The predicted molar refractivity (Wildman–Crippen MR) is 143 cm³/mol. The Labute approximate surface area is 206 Å². The molecule has 0 unspecified atom stereocenters. The third-order valence-corrected chi connectivity index (χ3v) is 9.03. The first-order valence-electron chi connectivity index (χ1n) is 12.3. The van der Waals surface area contributed by atoms with Gasteiger partial charge in [0.25, 0.3) is 0 Å². The van der Waals surface area contributed by atoms with E-state index >= 15 is 0 Å². The Hall–Kier alpha value is -1.93. The molecule has 0 bridgehead atoms. The van der Waals surface area contributed by atoms with Crippen LogP contribution in [0.1, 0.15) is 105 Å². The first-order valence-corrected chi connectivity index (χ1v) is 14.7. The van der Waals surface area contributed by atoms with E-state index in [2.05, 4.69) is 107 Å². The van der Waals surface area contributed by atoms with Crippen molar-refractivity contribution in [1.29, 1.82) is 0 Å². The average molecular weight is 487 g/mol. The van der Waals surface area contributed by atoms with Crippen molar-refractivity contribution < 1.29 is 18.1 Å². The fourth-order valence-corrected chi connectivity index (χ4v) is 7.02. The van der Waals surface area contributed by atoms with Gasteiger partial charge in [-0.05, 0) is 0 Å². The zero-order chi connectivity index (χ0) is 25.7. The number of rotatable bonds is 0. The van der Waals surface area contributed by atoms with Crippen LogP contribution in [0.15, 0.2) is 24.3 Å². The molecule has 0 aliphatic carbocycles. The normalized spacial score (nSPS) is 19.7. The van der Waals surface area contributed by atoms with E-state index < -0.39 is 7.51 Å². The Morgan fingerprint density at radius 1 is 0.471 bits per heavy atom. The second kappa shape index (κ2) is 6.84. The quantitative estimate of drug-likeness (QED) is 0.348. The van der Waals surface area contributed by atoms with Crippen LogP contribution in [0, 0.1) is 0 Å². The second-order valence-electron chi connectivity index (χ2n) is 14.2. The molecule has 4 nitrogen and oxygen atoms in total. The van der Waals surface area contributed by atoms with E-state index in [-0.39, 0.29) is 21.7 Å². The molecule has 0 atom stereocenters. The van der Waals surface area contributed by atoms with Crippen LogP contribution in [0.2, 0.25) is 0 Å². The summed E-state index contributed by atoms with van der Waals surface area (Å²) in [4.78, 5) is 0. The van der Waals surface area contributed by atoms with Gasteiger partial charge in [-0.1, -0.05) is 0 Å². The van der Waals surface area contributed by atoms with Crippen molar-refractivity contribution in [2.24, 2.45) is 0 Å².